The van der Waals surface area contributed by atoms with Gasteiger partial charge < -0.3 is 15.0 Å². The summed E-state index contributed by atoms with van der Waals surface area (Å²) in [6, 6.07) is 17.7. The molecule has 5 heteroatoms. The van der Waals surface area contributed by atoms with Crippen LogP contribution in [0, 0.1) is 0 Å². The zero-order chi connectivity index (χ0) is 18.5. The number of carbonyl (C=O) groups excluding carboxylic acids is 1. The van der Waals surface area contributed by atoms with E-state index in [1.807, 2.05) is 73.6 Å². The molecule has 1 aromatic heterocycles. The first-order valence-corrected chi connectivity index (χ1v) is 8.57. The Morgan fingerprint density at radius 1 is 1.04 bits per heavy atom. The smallest absolute Gasteiger partial charge is 0.270 e. The first kappa shape index (κ1) is 17.9. The molecular weight excluding hydrogens is 326 g/mol. The van der Waals surface area contributed by atoms with Gasteiger partial charge in [0.05, 0.1) is 7.11 Å². The number of benzene rings is 2. The fourth-order valence-corrected chi connectivity index (χ4v) is 2.93. The Balaban J connectivity index is 2.15. The van der Waals surface area contributed by atoms with E-state index in [9.17, 15) is 4.79 Å². The molecule has 0 atom stereocenters. The van der Waals surface area contributed by atoms with Crippen LogP contribution in [0.1, 0.15) is 10.5 Å². The van der Waals surface area contributed by atoms with Gasteiger partial charge in [-0.2, -0.15) is 0 Å². The summed E-state index contributed by atoms with van der Waals surface area (Å²) in [5.74, 6) is 0.257. The summed E-state index contributed by atoms with van der Waals surface area (Å²) in [5.41, 5.74) is 2.16. The number of methoxy groups -OCH3 is 1. The lowest BCUT2D eigenvalue weighted by Crippen LogP contribution is -2.32. The van der Waals surface area contributed by atoms with Crippen LogP contribution in [0.4, 0.5) is 0 Å². The molecule has 3 rings (SSSR count). The average Bonchev–Trinajstić information content (AvgIpc) is 2.67. The lowest BCUT2D eigenvalue weighted by Gasteiger charge is -2.16. The highest BCUT2D eigenvalue weighted by atomic mass is 16.5. The van der Waals surface area contributed by atoms with E-state index in [4.69, 9.17) is 4.74 Å². The van der Waals surface area contributed by atoms with E-state index in [0.717, 1.165) is 28.4 Å². The second-order valence-corrected chi connectivity index (χ2v) is 6.32. The summed E-state index contributed by atoms with van der Waals surface area (Å²) in [6.45, 7) is 1.31. The van der Waals surface area contributed by atoms with Gasteiger partial charge in [-0.3, -0.25) is 4.79 Å². The fraction of sp³-hybridized carbons (Fsp3) is 0.238. The summed E-state index contributed by atoms with van der Waals surface area (Å²) in [6.07, 6.45) is 0. The Bertz CT molecular complexity index is 908. The zero-order valence-electron chi connectivity index (χ0n) is 15.3. The number of hydrogen-bond acceptors (Lipinski definition) is 4. The van der Waals surface area contributed by atoms with Crippen molar-refractivity contribution in [2.24, 2.45) is 0 Å². The lowest BCUT2D eigenvalue weighted by atomic mass is 9.96. The molecule has 5 nitrogen and oxygen atoms in total. The molecular formula is C21H23N3O2. The number of fused-ring (bicyclic) bond motifs is 1. The van der Waals surface area contributed by atoms with E-state index in [-0.39, 0.29) is 5.91 Å². The molecule has 0 saturated carbocycles. The van der Waals surface area contributed by atoms with Gasteiger partial charge in [-0.15, -0.1) is 0 Å². The van der Waals surface area contributed by atoms with Gasteiger partial charge in [-0.25, -0.2) is 4.98 Å². The predicted molar refractivity (Wildman–Crippen MR) is 105 cm³/mol. The molecule has 1 amide bonds. The standard InChI is InChI=1S/C21H23N3O2/c1-24(2)14-13-22-20(25)19-18(15-9-5-4-6-10-15)16-11-7-8-12-17(16)21(23-19)26-3/h4-12H,13-14H2,1-3H3,(H,22,25). The van der Waals surface area contributed by atoms with Gasteiger partial charge in [0.2, 0.25) is 5.88 Å². The Morgan fingerprint density at radius 3 is 2.35 bits per heavy atom. The van der Waals surface area contributed by atoms with E-state index in [1.54, 1.807) is 7.11 Å². The van der Waals surface area contributed by atoms with Crippen LogP contribution in [-0.4, -0.2) is 50.1 Å². The second kappa shape index (κ2) is 7.97. The van der Waals surface area contributed by atoms with E-state index >= 15 is 0 Å². The molecule has 0 radical (unpaired) electrons. The first-order valence-electron chi connectivity index (χ1n) is 8.57. The maximum absolute atomic E-state index is 12.9. The number of hydrogen-bond donors (Lipinski definition) is 1. The Labute approximate surface area is 153 Å². The minimum atomic E-state index is -0.199. The summed E-state index contributed by atoms with van der Waals surface area (Å²) < 4.78 is 5.45. The Kier molecular flexibility index (Phi) is 5.49. The normalized spacial score (nSPS) is 10.9. The van der Waals surface area contributed by atoms with E-state index in [2.05, 4.69) is 10.3 Å². The van der Waals surface area contributed by atoms with Crippen LogP contribution < -0.4 is 10.1 Å². The molecule has 26 heavy (non-hydrogen) atoms. The molecule has 0 unspecified atom stereocenters. The fourth-order valence-electron chi connectivity index (χ4n) is 2.93. The van der Waals surface area contributed by atoms with E-state index in [1.165, 1.54) is 0 Å². The maximum atomic E-state index is 12.9. The predicted octanol–water partition coefficient (Wildman–Crippen LogP) is 3.20. The number of carbonyl (C=O) groups is 1. The van der Waals surface area contributed by atoms with Crippen LogP contribution in [0.5, 0.6) is 5.88 Å². The van der Waals surface area contributed by atoms with Crippen molar-refractivity contribution in [3.63, 3.8) is 0 Å². The molecule has 0 bridgehead atoms. The van der Waals surface area contributed by atoms with Crippen LogP contribution in [0.25, 0.3) is 21.9 Å². The molecule has 0 spiro atoms. The Hall–Kier alpha value is -2.92. The number of rotatable bonds is 6. The van der Waals surface area contributed by atoms with Gasteiger partial charge in [0.1, 0.15) is 5.69 Å². The maximum Gasteiger partial charge on any atom is 0.270 e. The van der Waals surface area contributed by atoms with Crippen LogP contribution in [0.2, 0.25) is 0 Å². The van der Waals surface area contributed by atoms with Crippen molar-refractivity contribution in [2.45, 2.75) is 0 Å². The summed E-state index contributed by atoms with van der Waals surface area (Å²) in [4.78, 5) is 19.5. The molecule has 3 aromatic rings. The molecule has 1 heterocycles. The van der Waals surface area contributed by atoms with E-state index in [0.29, 0.717) is 18.1 Å². The van der Waals surface area contributed by atoms with Crippen molar-refractivity contribution in [2.75, 3.05) is 34.3 Å². The number of aromatic nitrogens is 1. The van der Waals surface area contributed by atoms with Gasteiger partial charge in [0.15, 0.2) is 0 Å². The van der Waals surface area contributed by atoms with Gasteiger partial charge in [0, 0.05) is 24.0 Å². The monoisotopic (exact) mass is 349 g/mol. The van der Waals surface area contributed by atoms with Crippen molar-refractivity contribution in [3.8, 4) is 17.0 Å². The highest BCUT2D eigenvalue weighted by Gasteiger charge is 2.20. The molecule has 134 valence electrons. The van der Waals surface area contributed by atoms with Crippen LogP contribution >= 0.6 is 0 Å². The number of pyridine rings is 1. The highest BCUT2D eigenvalue weighted by Crippen LogP contribution is 2.35. The second-order valence-electron chi connectivity index (χ2n) is 6.32. The number of nitrogens with one attached hydrogen (secondary N) is 1. The summed E-state index contributed by atoms with van der Waals surface area (Å²) in [7, 11) is 5.52. The molecule has 0 fully saturated rings. The van der Waals surface area contributed by atoms with Crippen LogP contribution in [0.15, 0.2) is 54.6 Å². The molecule has 1 N–H and O–H groups in total. The quantitative estimate of drug-likeness (QED) is 0.742. The zero-order valence-corrected chi connectivity index (χ0v) is 15.3. The minimum absolute atomic E-state index is 0.199. The average molecular weight is 349 g/mol. The van der Waals surface area contributed by atoms with Crippen molar-refractivity contribution in [3.05, 3.63) is 60.3 Å². The van der Waals surface area contributed by atoms with Crippen molar-refractivity contribution < 1.29 is 9.53 Å². The lowest BCUT2D eigenvalue weighted by molar-refractivity contribution is 0.0946. The SMILES string of the molecule is COc1nc(C(=O)NCCN(C)C)c(-c2ccccc2)c2ccccc12. The van der Waals surface area contributed by atoms with Crippen LogP contribution in [0.3, 0.4) is 0 Å². The topological polar surface area (TPSA) is 54.5 Å². The molecule has 0 aliphatic heterocycles. The Morgan fingerprint density at radius 2 is 1.69 bits per heavy atom. The third-order valence-electron chi connectivity index (χ3n) is 4.19. The summed E-state index contributed by atoms with van der Waals surface area (Å²) in [5, 5.41) is 4.79. The van der Waals surface area contributed by atoms with Gasteiger partial charge in [-0.05, 0) is 31.1 Å². The van der Waals surface area contributed by atoms with Gasteiger partial charge >= 0.3 is 0 Å². The first-order chi connectivity index (χ1) is 12.6. The van der Waals surface area contributed by atoms with Crippen molar-refractivity contribution in [1.82, 2.24) is 15.2 Å². The molecule has 0 aliphatic carbocycles. The van der Waals surface area contributed by atoms with Crippen molar-refractivity contribution >= 4 is 16.7 Å². The number of ether oxygens (including phenoxy) is 1. The largest absolute Gasteiger partial charge is 0.481 e. The molecule has 0 aliphatic rings. The summed E-state index contributed by atoms with van der Waals surface area (Å²) >= 11 is 0. The number of nitrogens with zero attached hydrogens (tertiary/aromatic N) is 2. The molecule has 0 saturated heterocycles. The number of likely N-dealkylation sites (N-methyl/N-ethyl adjacent to an activating group) is 1. The van der Waals surface area contributed by atoms with Gasteiger partial charge in [0.25, 0.3) is 5.91 Å². The third-order valence-corrected chi connectivity index (χ3v) is 4.19. The van der Waals surface area contributed by atoms with Crippen LogP contribution in [-0.2, 0) is 0 Å². The van der Waals surface area contributed by atoms with E-state index < -0.39 is 0 Å². The minimum Gasteiger partial charge on any atom is -0.481 e. The van der Waals surface area contributed by atoms with Crippen molar-refractivity contribution in [1.29, 1.82) is 0 Å². The number of amides is 1. The highest BCUT2D eigenvalue weighted by molar-refractivity contribution is 6.09. The van der Waals surface area contributed by atoms with Gasteiger partial charge in [-0.1, -0.05) is 48.5 Å². The molecule has 2 aromatic carbocycles. The third kappa shape index (κ3) is 3.68.